The van der Waals surface area contributed by atoms with E-state index in [0.717, 1.165) is 5.39 Å². The number of aromatic amines is 1. The molecule has 3 aromatic rings. The van der Waals surface area contributed by atoms with Crippen molar-refractivity contribution in [1.82, 2.24) is 20.6 Å². The Morgan fingerprint density at radius 1 is 1.20 bits per heavy atom. The summed E-state index contributed by atoms with van der Waals surface area (Å²) >= 11 is 0. The molecule has 7 nitrogen and oxygen atoms in total. The Labute approximate surface area is 113 Å². The van der Waals surface area contributed by atoms with Crippen LogP contribution in [0.1, 0.15) is 5.82 Å². The Morgan fingerprint density at radius 2 is 2.00 bits per heavy atom. The van der Waals surface area contributed by atoms with Gasteiger partial charge in [0.1, 0.15) is 5.75 Å². The smallest absolute Gasteiger partial charge is 0.232 e. The zero-order valence-corrected chi connectivity index (χ0v) is 10.4. The van der Waals surface area contributed by atoms with Gasteiger partial charge in [-0.1, -0.05) is 29.5 Å². The molecule has 3 N–H and O–H groups in total. The molecule has 0 spiro atoms. The molecule has 0 unspecified atom stereocenters. The molecule has 0 atom stereocenters. The maximum absolute atomic E-state index is 11.9. The van der Waals surface area contributed by atoms with Crippen molar-refractivity contribution in [2.24, 2.45) is 0 Å². The lowest BCUT2D eigenvalue weighted by molar-refractivity contribution is -0.115. The molecule has 100 valence electrons. The Bertz CT molecular complexity index is 755. The number of tetrazole rings is 1. The fourth-order valence-electron chi connectivity index (χ4n) is 2.00. The lowest BCUT2D eigenvalue weighted by Crippen LogP contribution is -2.15. The van der Waals surface area contributed by atoms with Gasteiger partial charge < -0.3 is 10.4 Å². The molecule has 0 aliphatic rings. The van der Waals surface area contributed by atoms with E-state index in [4.69, 9.17) is 0 Å². The number of carbonyl (C=O) groups excluding carboxylic acids is 1. The molecular weight excluding hydrogens is 258 g/mol. The predicted molar refractivity (Wildman–Crippen MR) is 72.1 cm³/mol. The molecule has 0 fully saturated rings. The number of carbonyl (C=O) groups is 1. The van der Waals surface area contributed by atoms with Gasteiger partial charge >= 0.3 is 0 Å². The number of rotatable bonds is 3. The third-order valence-electron chi connectivity index (χ3n) is 2.88. The number of amides is 1. The van der Waals surface area contributed by atoms with Gasteiger partial charge in [0.05, 0.1) is 6.42 Å². The SMILES string of the molecule is O=C(Cc1nn[nH]n1)Nc1cccc2c(O)cccc12. The highest BCUT2D eigenvalue weighted by molar-refractivity contribution is 6.04. The van der Waals surface area contributed by atoms with Crippen LogP contribution < -0.4 is 5.32 Å². The number of aromatic hydroxyl groups is 1. The number of aromatic nitrogens is 4. The van der Waals surface area contributed by atoms with Gasteiger partial charge in [-0.2, -0.15) is 5.21 Å². The second-order valence-electron chi connectivity index (χ2n) is 4.23. The van der Waals surface area contributed by atoms with Gasteiger partial charge in [-0.3, -0.25) is 4.79 Å². The molecule has 2 aromatic carbocycles. The van der Waals surface area contributed by atoms with Crippen molar-refractivity contribution in [2.45, 2.75) is 6.42 Å². The second-order valence-corrected chi connectivity index (χ2v) is 4.23. The largest absolute Gasteiger partial charge is 0.507 e. The summed E-state index contributed by atoms with van der Waals surface area (Å²) in [6.45, 7) is 0. The van der Waals surface area contributed by atoms with E-state index < -0.39 is 0 Å². The second kappa shape index (κ2) is 4.96. The number of nitrogens with one attached hydrogen (secondary N) is 2. The molecule has 20 heavy (non-hydrogen) atoms. The van der Waals surface area contributed by atoms with E-state index in [1.54, 1.807) is 30.3 Å². The quantitative estimate of drug-likeness (QED) is 0.663. The van der Waals surface area contributed by atoms with Crippen LogP contribution in [-0.2, 0) is 11.2 Å². The molecule has 0 aliphatic heterocycles. The van der Waals surface area contributed by atoms with Crippen LogP contribution in [0.3, 0.4) is 0 Å². The number of benzene rings is 2. The van der Waals surface area contributed by atoms with Crippen molar-refractivity contribution in [3.63, 3.8) is 0 Å². The maximum Gasteiger partial charge on any atom is 0.232 e. The lowest BCUT2D eigenvalue weighted by Gasteiger charge is -2.08. The van der Waals surface area contributed by atoms with Crippen LogP contribution in [0.25, 0.3) is 10.8 Å². The van der Waals surface area contributed by atoms with Gasteiger partial charge in [0.2, 0.25) is 5.91 Å². The van der Waals surface area contributed by atoms with Gasteiger partial charge in [-0.15, -0.1) is 10.2 Å². The minimum absolute atomic E-state index is 0.0334. The number of fused-ring (bicyclic) bond motifs is 1. The average Bonchev–Trinajstić information content (AvgIpc) is 2.93. The molecule has 1 heterocycles. The highest BCUT2D eigenvalue weighted by Crippen LogP contribution is 2.29. The summed E-state index contributed by atoms with van der Waals surface area (Å²) in [5, 5.41) is 27.2. The van der Waals surface area contributed by atoms with Gasteiger partial charge in [0, 0.05) is 16.5 Å². The van der Waals surface area contributed by atoms with Crippen molar-refractivity contribution in [1.29, 1.82) is 0 Å². The first-order valence-corrected chi connectivity index (χ1v) is 5.97. The van der Waals surface area contributed by atoms with Crippen LogP contribution in [0.4, 0.5) is 5.69 Å². The third kappa shape index (κ3) is 2.28. The van der Waals surface area contributed by atoms with Crippen molar-refractivity contribution in [3.8, 4) is 5.75 Å². The van der Waals surface area contributed by atoms with Crippen LogP contribution in [0, 0.1) is 0 Å². The number of hydrogen-bond acceptors (Lipinski definition) is 5. The Kier molecular flexibility index (Phi) is 3.00. The van der Waals surface area contributed by atoms with Gasteiger partial charge in [-0.05, 0) is 12.1 Å². The summed E-state index contributed by atoms with van der Waals surface area (Å²) in [4.78, 5) is 11.9. The normalized spacial score (nSPS) is 10.6. The number of nitrogens with zero attached hydrogens (tertiary/aromatic N) is 3. The molecule has 0 bridgehead atoms. The number of anilines is 1. The molecule has 0 saturated carbocycles. The van der Waals surface area contributed by atoms with E-state index in [-0.39, 0.29) is 18.1 Å². The van der Waals surface area contributed by atoms with Gasteiger partial charge in [0.25, 0.3) is 0 Å². The Hall–Kier alpha value is -2.96. The molecule has 3 rings (SSSR count). The molecule has 7 heteroatoms. The van der Waals surface area contributed by atoms with Crippen LogP contribution in [0.15, 0.2) is 36.4 Å². The van der Waals surface area contributed by atoms with Crippen LogP contribution in [-0.4, -0.2) is 31.6 Å². The summed E-state index contributed by atoms with van der Waals surface area (Å²) < 4.78 is 0. The topological polar surface area (TPSA) is 104 Å². The van der Waals surface area contributed by atoms with E-state index in [0.29, 0.717) is 16.9 Å². The number of phenolic OH excluding ortho intramolecular Hbond substituents is 1. The zero-order valence-electron chi connectivity index (χ0n) is 10.4. The van der Waals surface area contributed by atoms with Crippen molar-refractivity contribution in [2.75, 3.05) is 5.32 Å². The van der Waals surface area contributed by atoms with Gasteiger partial charge in [-0.25, -0.2) is 0 Å². The minimum Gasteiger partial charge on any atom is -0.507 e. The maximum atomic E-state index is 11.9. The standard InChI is InChI=1S/C13H11N5O2/c19-11-6-2-3-8-9(11)4-1-5-10(8)14-13(20)7-12-15-17-18-16-12/h1-6,19H,7H2,(H,14,20)(H,15,16,17,18). The number of hydrogen-bond donors (Lipinski definition) is 3. The van der Waals surface area contributed by atoms with Crippen molar-refractivity contribution >= 4 is 22.4 Å². The minimum atomic E-state index is -0.248. The zero-order chi connectivity index (χ0) is 13.9. The van der Waals surface area contributed by atoms with E-state index in [2.05, 4.69) is 25.9 Å². The Morgan fingerprint density at radius 3 is 2.80 bits per heavy atom. The Balaban J connectivity index is 1.87. The fraction of sp³-hybridized carbons (Fsp3) is 0.0769. The first-order valence-electron chi connectivity index (χ1n) is 5.97. The highest BCUT2D eigenvalue weighted by atomic mass is 16.3. The molecule has 0 saturated heterocycles. The molecule has 1 aromatic heterocycles. The van der Waals surface area contributed by atoms with Crippen LogP contribution in [0.2, 0.25) is 0 Å². The molecule has 0 aliphatic carbocycles. The third-order valence-corrected chi connectivity index (χ3v) is 2.88. The molecule has 1 amide bonds. The van der Waals surface area contributed by atoms with E-state index >= 15 is 0 Å². The van der Waals surface area contributed by atoms with E-state index in [1.807, 2.05) is 6.07 Å². The highest BCUT2D eigenvalue weighted by Gasteiger charge is 2.10. The fourth-order valence-corrected chi connectivity index (χ4v) is 2.00. The van der Waals surface area contributed by atoms with Crippen molar-refractivity contribution in [3.05, 3.63) is 42.2 Å². The average molecular weight is 269 g/mol. The summed E-state index contributed by atoms with van der Waals surface area (Å²) in [6, 6.07) is 10.5. The number of phenols is 1. The van der Waals surface area contributed by atoms with Crippen LogP contribution in [0.5, 0.6) is 5.75 Å². The summed E-state index contributed by atoms with van der Waals surface area (Å²) in [5.41, 5.74) is 0.631. The first kappa shape index (κ1) is 12.1. The van der Waals surface area contributed by atoms with Gasteiger partial charge in [0.15, 0.2) is 5.82 Å². The molecule has 0 radical (unpaired) electrons. The summed E-state index contributed by atoms with van der Waals surface area (Å²) in [5.74, 6) is 0.254. The lowest BCUT2D eigenvalue weighted by atomic mass is 10.1. The predicted octanol–water partition coefficient (Wildman–Crippen LogP) is 1.24. The molecular formula is C13H11N5O2. The number of H-pyrrole nitrogens is 1. The van der Waals surface area contributed by atoms with E-state index in [9.17, 15) is 9.90 Å². The first-order chi connectivity index (χ1) is 9.74. The summed E-state index contributed by atoms with van der Waals surface area (Å²) in [6.07, 6.45) is 0.0334. The van der Waals surface area contributed by atoms with Crippen molar-refractivity contribution < 1.29 is 9.90 Å². The summed E-state index contributed by atoms with van der Waals surface area (Å²) in [7, 11) is 0. The van der Waals surface area contributed by atoms with Crippen LogP contribution >= 0.6 is 0 Å². The van der Waals surface area contributed by atoms with E-state index in [1.165, 1.54) is 0 Å². The monoisotopic (exact) mass is 269 g/mol.